The average molecular weight is 413 g/mol. The highest BCUT2D eigenvalue weighted by atomic mass is 79.9. The Morgan fingerprint density at radius 1 is 1.25 bits per heavy atom. The molecule has 0 radical (unpaired) electrons. The van der Waals surface area contributed by atoms with Crippen LogP contribution in [0.15, 0.2) is 34.8 Å². The Balaban J connectivity index is 2.03. The summed E-state index contributed by atoms with van der Waals surface area (Å²) in [7, 11) is 1.53. The van der Waals surface area contributed by atoms with E-state index in [-0.39, 0.29) is 12.5 Å². The molecule has 0 atom stereocenters. The van der Waals surface area contributed by atoms with Gasteiger partial charge in [-0.25, -0.2) is 0 Å². The molecule has 2 aromatic carbocycles. The summed E-state index contributed by atoms with van der Waals surface area (Å²) in [6.45, 7) is 3.84. The summed E-state index contributed by atoms with van der Waals surface area (Å²) in [4.78, 5) is 12.1. The van der Waals surface area contributed by atoms with E-state index < -0.39 is 0 Å². The molecular formula is C18H19BrClNO3. The number of anilines is 1. The first-order chi connectivity index (χ1) is 11.4. The summed E-state index contributed by atoms with van der Waals surface area (Å²) in [5, 5.41) is 3.36. The van der Waals surface area contributed by atoms with Gasteiger partial charge < -0.3 is 14.8 Å². The first-order valence-electron chi connectivity index (χ1n) is 7.49. The van der Waals surface area contributed by atoms with Crippen molar-refractivity contribution in [3.05, 3.63) is 51.0 Å². The van der Waals surface area contributed by atoms with E-state index in [0.717, 1.165) is 16.5 Å². The third-order valence-electron chi connectivity index (χ3n) is 3.52. The molecule has 128 valence electrons. The molecule has 1 N–H and O–H groups in total. The maximum atomic E-state index is 12.1. The Kier molecular flexibility index (Phi) is 6.52. The minimum absolute atomic E-state index is 0.102. The van der Waals surface area contributed by atoms with Crippen LogP contribution in [0, 0.1) is 6.92 Å². The number of hydrogen-bond acceptors (Lipinski definition) is 3. The van der Waals surface area contributed by atoms with Crippen molar-refractivity contribution >= 4 is 39.1 Å². The van der Waals surface area contributed by atoms with Gasteiger partial charge in [0.1, 0.15) is 11.5 Å². The number of amides is 1. The van der Waals surface area contributed by atoms with E-state index in [1.165, 1.54) is 12.7 Å². The van der Waals surface area contributed by atoms with Crippen LogP contribution in [0.5, 0.6) is 11.5 Å². The lowest BCUT2D eigenvalue weighted by Gasteiger charge is -2.13. The van der Waals surface area contributed by atoms with Gasteiger partial charge in [0.05, 0.1) is 17.3 Å². The van der Waals surface area contributed by atoms with Crippen molar-refractivity contribution in [2.75, 3.05) is 19.0 Å². The molecule has 0 aliphatic heterocycles. The van der Waals surface area contributed by atoms with Crippen LogP contribution < -0.4 is 14.8 Å². The molecule has 0 aliphatic carbocycles. The van der Waals surface area contributed by atoms with Gasteiger partial charge in [-0.2, -0.15) is 0 Å². The summed E-state index contributed by atoms with van der Waals surface area (Å²) in [5.41, 5.74) is 2.61. The molecule has 1 amide bonds. The van der Waals surface area contributed by atoms with Gasteiger partial charge >= 0.3 is 0 Å². The molecule has 0 aromatic heterocycles. The quantitative estimate of drug-likeness (QED) is 0.726. The summed E-state index contributed by atoms with van der Waals surface area (Å²) in [6, 6.07) is 9.25. The zero-order valence-electron chi connectivity index (χ0n) is 13.8. The van der Waals surface area contributed by atoms with E-state index in [4.69, 9.17) is 21.1 Å². The third-order valence-corrected chi connectivity index (χ3v) is 4.55. The molecule has 2 aromatic rings. The summed E-state index contributed by atoms with van der Waals surface area (Å²) in [6.07, 6.45) is 0.940. The molecule has 0 saturated heterocycles. The van der Waals surface area contributed by atoms with Gasteiger partial charge in [0.25, 0.3) is 5.91 Å². The average Bonchev–Trinajstić information content (AvgIpc) is 2.56. The van der Waals surface area contributed by atoms with E-state index in [2.05, 4.69) is 28.2 Å². The fourth-order valence-corrected chi connectivity index (χ4v) is 2.84. The first kappa shape index (κ1) is 18.6. The molecule has 2 rings (SSSR count). The minimum Gasteiger partial charge on any atom is -0.495 e. The van der Waals surface area contributed by atoms with Crippen molar-refractivity contribution in [3.63, 3.8) is 0 Å². The van der Waals surface area contributed by atoms with E-state index in [9.17, 15) is 4.79 Å². The standard InChI is InChI=1S/C18H19BrClNO3/c1-4-12-5-6-16(13(19)8-12)24-10-18(22)21-15-7-11(2)14(20)9-17(15)23-3/h5-9H,4,10H2,1-3H3,(H,21,22). The predicted octanol–water partition coefficient (Wildman–Crippen LogP) is 5.00. The predicted molar refractivity (Wildman–Crippen MR) is 100 cm³/mol. The third kappa shape index (κ3) is 4.65. The molecule has 0 unspecified atom stereocenters. The lowest BCUT2D eigenvalue weighted by molar-refractivity contribution is -0.118. The zero-order valence-corrected chi connectivity index (χ0v) is 16.1. The highest BCUT2D eigenvalue weighted by Gasteiger charge is 2.12. The van der Waals surface area contributed by atoms with Crippen molar-refractivity contribution in [1.82, 2.24) is 0 Å². The smallest absolute Gasteiger partial charge is 0.262 e. The molecule has 0 saturated carbocycles. The van der Waals surface area contributed by atoms with Gasteiger partial charge in [0.2, 0.25) is 0 Å². The van der Waals surface area contributed by atoms with Crippen molar-refractivity contribution < 1.29 is 14.3 Å². The zero-order chi connectivity index (χ0) is 17.7. The fraction of sp³-hybridized carbons (Fsp3) is 0.278. The van der Waals surface area contributed by atoms with Crippen molar-refractivity contribution in [2.24, 2.45) is 0 Å². The van der Waals surface area contributed by atoms with Gasteiger partial charge in [-0.05, 0) is 58.6 Å². The van der Waals surface area contributed by atoms with Gasteiger partial charge in [-0.3, -0.25) is 4.79 Å². The summed E-state index contributed by atoms with van der Waals surface area (Å²) >= 11 is 9.52. The number of nitrogens with one attached hydrogen (secondary N) is 1. The number of methoxy groups -OCH3 is 1. The van der Waals surface area contributed by atoms with Crippen LogP contribution in [-0.2, 0) is 11.2 Å². The Morgan fingerprint density at radius 3 is 2.62 bits per heavy atom. The van der Waals surface area contributed by atoms with Crippen LogP contribution in [0.2, 0.25) is 5.02 Å². The second-order valence-corrected chi connectivity index (χ2v) is 6.52. The van der Waals surface area contributed by atoms with Gasteiger partial charge in [0, 0.05) is 11.1 Å². The highest BCUT2D eigenvalue weighted by molar-refractivity contribution is 9.10. The maximum Gasteiger partial charge on any atom is 0.262 e. The number of halogens is 2. The topological polar surface area (TPSA) is 47.6 Å². The summed E-state index contributed by atoms with van der Waals surface area (Å²) < 4.78 is 11.6. The molecule has 0 heterocycles. The van der Waals surface area contributed by atoms with Gasteiger partial charge in [0.15, 0.2) is 6.61 Å². The van der Waals surface area contributed by atoms with E-state index >= 15 is 0 Å². The minimum atomic E-state index is -0.276. The Labute approximate surface area is 155 Å². The largest absolute Gasteiger partial charge is 0.495 e. The second kappa shape index (κ2) is 8.40. The molecule has 4 nitrogen and oxygen atoms in total. The lowest BCUT2D eigenvalue weighted by atomic mass is 10.2. The highest BCUT2D eigenvalue weighted by Crippen LogP contribution is 2.31. The SMILES string of the molecule is CCc1ccc(OCC(=O)Nc2cc(C)c(Cl)cc2OC)c(Br)c1. The first-order valence-corrected chi connectivity index (χ1v) is 8.67. The van der Waals surface area contributed by atoms with Crippen LogP contribution in [0.3, 0.4) is 0 Å². The Morgan fingerprint density at radius 2 is 2.00 bits per heavy atom. The maximum absolute atomic E-state index is 12.1. The molecule has 6 heteroatoms. The number of hydrogen-bond donors (Lipinski definition) is 1. The van der Waals surface area contributed by atoms with E-state index in [0.29, 0.717) is 22.2 Å². The van der Waals surface area contributed by atoms with Crippen molar-refractivity contribution in [2.45, 2.75) is 20.3 Å². The Hall–Kier alpha value is -1.72. The number of carbonyl (C=O) groups excluding carboxylic acids is 1. The van der Waals surface area contributed by atoms with Crippen LogP contribution in [0.25, 0.3) is 0 Å². The lowest BCUT2D eigenvalue weighted by Crippen LogP contribution is -2.20. The van der Waals surface area contributed by atoms with Crippen LogP contribution in [0.4, 0.5) is 5.69 Å². The molecule has 24 heavy (non-hydrogen) atoms. The van der Waals surface area contributed by atoms with E-state index in [1.807, 2.05) is 25.1 Å². The molecule has 0 bridgehead atoms. The van der Waals surface area contributed by atoms with Gasteiger partial charge in [-0.1, -0.05) is 24.6 Å². The summed E-state index contributed by atoms with van der Waals surface area (Å²) in [5.74, 6) is 0.857. The Bertz CT molecular complexity index is 749. The van der Waals surface area contributed by atoms with Crippen LogP contribution in [0.1, 0.15) is 18.1 Å². The fourth-order valence-electron chi connectivity index (χ4n) is 2.14. The number of ether oxygens (including phenoxy) is 2. The number of rotatable bonds is 6. The monoisotopic (exact) mass is 411 g/mol. The van der Waals surface area contributed by atoms with Crippen molar-refractivity contribution in [3.8, 4) is 11.5 Å². The second-order valence-electron chi connectivity index (χ2n) is 5.26. The molecular weight excluding hydrogens is 394 g/mol. The van der Waals surface area contributed by atoms with Gasteiger partial charge in [-0.15, -0.1) is 0 Å². The van der Waals surface area contributed by atoms with E-state index in [1.54, 1.807) is 12.1 Å². The molecule has 0 aliphatic rings. The van der Waals surface area contributed by atoms with Crippen molar-refractivity contribution in [1.29, 1.82) is 0 Å². The van der Waals surface area contributed by atoms with Crippen LogP contribution >= 0.6 is 27.5 Å². The number of carbonyl (C=O) groups is 1. The molecule has 0 fully saturated rings. The normalized spacial score (nSPS) is 10.4. The van der Waals surface area contributed by atoms with Crippen LogP contribution in [-0.4, -0.2) is 19.6 Å². The molecule has 0 spiro atoms. The number of aryl methyl sites for hydroxylation is 2. The number of benzene rings is 2.